The number of ether oxygens (including phenoxy) is 3. The van der Waals surface area contributed by atoms with E-state index in [-0.39, 0.29) is 35.2 Å². The zero-order chi connectivity index (χ0) is 43.4. The molecular formula is C41H61FN5O11PS. The van der Waals surface area contributed by atoms with Gasteiger partial charge in [0.1, 0.15) is 48.1 Å². The Balaban J connectivity index is 1.07. The highest BCUT2D eigenvalue weighted by molar-refractivity contribution is 7.90. The molecule has 0 radical (unpaired) electrons. The van der Waals surface area contributed by atoms with Gasteiger partial charge in [0, 0.05) is 12.9 Å². The smallest absolute Gasteiger partial charge is 0.385 e. The first-order valence-electron chi connectivity index (χ1n) is 21.1. The van der Waals surface area contributed by atoms with Crippen molar-refractivity contribution in [2.24, 2.45) is 0 Å². The molecule has 1 aliphatic heterocycles. The minimum Gasteiger partial charge on any atom is -0.385 e. The summed E-state index contributed by atoms with van der Waals surface area (Å²) in [7, 11) is -8.70. The van der Waals surface area contributed by atoms with Crippen molar-refractivity contribution in [3.63, 3.8) is 0 Å². The number of hydrogen-bond donors (Lipinski definition) is 4. The number of phosphoric acid groups is 1. The summed E-state index contributed by atoms with van der Waals surface area (Å²) in [4.78, 5) is 14.4. The van der Waals surface area contributed by atoms with Crippen LogP contribution >= 0.6 is 7.82 Å². The van der Waals surface area contributed by atoms with E-state index in [2.05, 4.69) is 17.0 Å². The number of sulfone groups is 1. The van der Waals surface area contributed by atoms with E-state index in [0.717, 1.165) is 50.4 Å². The number of nitrogens with zero attached hydrogens (tertiary/aromatic N) is 4. The highest BCUT2D eigenvalue weighted by Crippen LogP contribution is 2.63. The molecule has 0 bridgehead atoms. The van der Waals surface area contributed by atoms with Crippen molar-refractivity contribution in [2.45, 2.75) is 157 Å². The summed E-state index contributed by atoms with van der Waals surface area (Å²) < 4.78 is 80.9. The Kier molecular flexibility index (Phi) is 17.4. The lowest BCUT2D eigenvalue weighted by Gasteiger charge is -2.29. The molecule has 5 rings (SSSR count). The highest BCUT2D eigenvalue weighted by Gasteiger charge is 2.83. The number of aromatic nitrogens is 3. The van der Waals surface area contributed by atoms with Crippen LogP contribution in [0.25, 0.3) is 5.52 Å². The molecule has 16 nitrogen and oxygen atoms in total. The molecule has 5 N–H and O–H groups in total. The molecule has 0 amide bonds. The Hall–Kier alpha value is -3.08. The number of nitrogen functional groups attached to an aromatic ring is 1. The van der Waals surface area contributed by atoms with E-state index in [0.29, 0.717) is 12.1 Å². The molecule has 7 atom stereocenters. The molecule has 2 aliphatic rings. The van der Waals surface area contributed by atoms with E-state index in [4.69, 9.17) is 29.0 Å². The van der Waals surface area contributed by atoms with Crippen LogP contribution in [0.4, 0.5) is 10.2 Å². The average Bonchev–Trinajstić information content (AvgIpc) is 3.44. The maximum Gasteiger partial charge on any atom is 0.472 e. The zero-order valence-electron chi connectivity index (χ0n) is 34.6. The Labute approximate surface area is 352 Å². The maximum absolute atomic E-state index is 14.3. The van der Waals surface area contributed by atoms with Crippen LogP contribution in [0.15, 0.2) is 41.6 Å². The fraction of sp³-hybridized carbons (Fsp3) is 0.683. The van der Waals surface area contributed by atoms with Crippen molar-refractivity contribution >= 4 is 29.0 Å². The fourth-order valence-corrected chi connectivity index (χ4v) is 9.38. The number of hydrogen-bond acceptors (Lipinski definition) is 14. The van der Waals surface area contributed by atoms with Gasteiger partial charge in [0.25, 0.3) is 0 Å². The van der Waals surface area contributed by atoms with Gasteiger partial charge in [-0.15, -0.1) is 0 Å². The molecule has 3 heterocycles. The number of phosphoric ester groups is 1. The van der Waals surface area contributed by atoms with Crippen LogP contribution in [0.1, 0.15) is 121 Å². The third kappa shape index (κ3) is 12.3. The molecule has 19 heteroatoms. The summed E-state index contributed by atoms with van der Waals surface area (Å²) in [6.07, 6.45) is 15.9. The average molecular weight is 882 g/mol. The number of fused-ring (bicyclic) bond motifs is 2. The second-order valence-corrected chi connectivity index (χ2v) is 19.4. The van der Waals surface area contributed by atoms with Crippen molar-refractivity contribution < 1.29 is 55.7 Å². The predicted molar refractivity (Wildman–Crippen MR) is 220 cm³/mol. The van der Waals surface area contributed by atoms with Crippen molar-refractivity contribution in [1.29, 1.82) is 5.26 Å². The SMILES string of the molecule is CCCCCCCCCCCCCCCCCCOC[C@H](COP(=O)(O)OC1[C@H]2O[C@@](C#N)(c3ccc4c(N)ncnn34)[C@H](O)[C@@]12O)OCc1cc(F)cc(S(C)(=O)=O)c1. The minimum atomic E-state index is -4.98. The number of unbranched alkanes of at least 4 members (excludes halogenated alkanes) is 15. The first-order valence-corrected chi connectivity index (χ1v) is 24.5. The van der Waals surface area contributed by atoms with Crippen LogP contribution in [-0.2, 0) is 49.9 Å². The van der Waals surface area contributed by atoms with Gasteiger partial charge in [-0.1, -0.05) is 103 Å². The first-order chi connectivity index (χ1) is 28.7. The van der Waals surface area contributed by atoms with Crippen molar-refractivity contribution in [3.8, 4) is 6.07 Å². The van der Waals surface area contributed by atoms with Crippen LogP contribution in [0.5, 0.6) is 0 Å². The van der Waals surface area contributed by atoms with E-state index in [9.17, 15) is 37.7 Å². The number of nitrogens with two attached hydrogens (primary N) is 1. The number of rotatable bonds is 29. The molecular weight excluding hydrogens is 821 g/mol. The molecule has 2 aromatic heterocycles. The second-order valence-electron chi connectivity index (χ2n) is 16.0. The Morgan fingerprint density at radius 2 is 1.62 bits per heavy atom. The van der Waals surface area contributed by atoms with Crippen molar-refractivity contribution in [3.05, 3.63) is 53.7 Å². The molecule has 0 spiro atoms. The number of benzene rings is 1. The van der Waals surface area contributed by atoms with Gasteiger partial charge in [-0.05, 0) is 42.3 Å². The lowest BCUT2D eigenvalue weighted by Crippen LogP contribution is -2.47. The largest absolute Gasteiger partial charge is 0.472 e. The quantitative estimate of drug-likeness (QED) is 0.0433. The monoisotopic (exact) mass is 881 g/mol. The highest BCUT2D eigenvalue weighted by atomic mass is 32.2. The number of halogens is 1. The van der Waals surface area contributed by atoms with Gasteiger partial charge in [-0.3, -0.25) is 9.05 Å². The second kappa shape index (κ2) is 21.8. The molecule has 1 saturated carbocycles. The molecule has 1 aliphatic carbocycles. The fourth-order valence-electron chi connectivity index (χ4n) is 7.70. The first kappa shape index (κ1) is 48.0. The van der Waals surface area contributed by atoms with Crippen LogP contribution in [-0.4, -0.2) is 94.2 Å². The molecule has 1 aromatic carbocycles. The molecule has 3 aromatic rings. The van der Waals surface area contributed by atoms with Gasteiger partial charge in [-0.25, -0.2) is 26.9 Å². The molecule has 334 valence electrons. The number of aliphatic hydroxyl groups excluding tert-OH is 1. The minimum absolute atomic E-state index is 0.0472. The van der Waals surface area contributed by atoms with Gasteiger partial charge in [0.2, 0.25) is 5.60 Å². The normalized spacial score (nSPS) is 24.0. The van der Waals surface area contributed by atoms with Crippen molar-refractivity contribution in [2.75, 3.05) is 31.8 Å². The molecule has 2 unspecified atom stereocenters. The summed E-state index contributed by atoms with van der Waals surface area (Å²) in [5.41, 5.74) is 2.08. The lowest BCUT2D eigenvalue weighted by atomic mass is 9.90. The lowest BCUT2D eigenvalue weighted by molar-refractivity contribution is -0.107. The van der Waals surface area contributed by atoms with Crippen LogP contribution in [0, 0.1) is 17.1 Å². The van der Waals surface area contributed by atoms with E-state index in [1.54, 1.807) is 0 Å². The van der Waals surface area contributed by atoms with Gasteiger partial charge >= 0.3 is 7.82 Å². The zero-order valence-corrected chi connectivity index (χ0v) is 36.3. The van der Waals surface area contributed by atoms with E-state index in [1.807, 2.05) is 6.07 Å². The third-order valence-corrected chi connectivity index (χ3v) is 13.3. The summed E-state index contributed by atoms with van der Waals surface area (Å²) in [6, 6.07) is 8.12. The van der Waals surface area contributed by atoms with Crippen LogP contribution < -0.4 is 5.73 Å². The molecule has 1 saturated heterocycles. The number of aliphatic hydroxyl groups is 2. The van der Waals surface area contributed by atoms with Crippen LogP contribution in [0.3, 0.4) is 0 Å². The van der Waals surface area contributed by atoms with Gasteiger partial charge in [-0.2, -0.15) is 10.4 Å². The summed E-state index contributed by atoms with van der Waals surface area (Å²) >= 11 is 0. The topological polar surface area (TPSA) is 238 Å². The van der Waals surface area contributed by atoms with E-state index >= 15 is 0 Å². The molecule has 60 heavy (non-hydrogen) atoms. The molecule has 2 fully saturated rings. The Bertz CT molecular complexity index is 2050. The summed E-state index contributed by atoms with van der Waals surface area (Å²) in [5.74, 6) is -0.680. The standard InChI is InChI=1S/C41H61FN5O11PS/c1-3-4-5-6-7-8-9-10-11-12-13-14-15-16-17-18-21-54-26-32(55-25-30-22-31(42)24-33(23-30)60(2,52)53)27-56-59(50,51)58-37-36-41(37,49)39(48)40(28-43,57-36)35-20-19-34-38(44)45-29-46-47(34)35/h19-20,22-24,29,32,36-37,39,48-49H,3-18,21,25-27H2,1-2H3,(H,50,51)(H2,44,45,46)/t32-,36-,37?,39+,40+,41+/m1/s1. The number of nitriles is 1. The summed E-state index contributed by atoms with van der Waals surface area (Å²) in [6.45, 7) is 1.70. The Morgan fingerprint density at radius 3 is 2.18 bits per heavy atom. The number of anilines is 1. The summed E-state index contributed by atoms with van der Waals surface area (Å²) in [5, 5.41) is 36.8. The van der Waals surface area contributed by atoms with E-state index in [1.165, 1.54) is 99.8 Å². The van der Waals surface area contributed by atoms with Crippen molar-refractivity contribution in [1.82, 2.24) is 14.6 Å². The van der Waals surface area contributed by atoms with E-state index < -0.39 is 65.7 Å². The van der Waals surface area contributed by atoms with Crippen LogP contribution in [0.2, 0.25) is 0 Å². The predicted octanol–water partition coefficient (Wildman–Crippen LogP) is 6.44. The van der Waals surface area contributed by atoms with Gasteiger partial charge < -0.3 is 35.1 Å². The maximum atomic E-state index is 14.3. The Morgan fingerprint density at radius 1 is 1.00 bits per heavy atom. The van der Waals surface area contributed by atoms with Gasteiger partial charge in [0.15, 0.2) is 21.3 Å². The van der Waals surface area contributed by atoms with Gasteiger partial charge in [0.05, 0.1) is 30.4 Å². The third-order valence-electron chi connectivity index (χ3n) is 11.2.